The minimum atomic E-state index is -0.159. The van der Waals surface area contributed by atoms with Gasteiger partial charge >= 0.3 is 0 Å². The molecule has 1 aromatic rings. The Morgan fingerprint density at radius 2 is 2.13 bits per heavy atom. The fraction of sp³-hybridized carbons (Fsp3) is 0.571. The largest absolute Gasteiger partial charge is 0.283 e. The van der Waals surface area contributed by atoms with Crippen molar-refractivity contribution in [1.82, 2.24) is 4.90 Å². The molecule has 1 heterocycles. The van der Waals surface area contributed by atoms with Crippen LogP contribution in [-0.2, 0) is 6.54 Å². The molecule has 0 N–H and O–H groups in total. The van der Waals surface area contributed by atoms with Crippen molar-refractivity contribution in [3.63, 3.8) is 0 Å². The van der Waals surface area contributed by atoms with Gasteiger partial charge in [-0.15, -0.1) is 6.42 Å². The van der Waals surface area contributed by atoms with E-state index in [2.05, 4.69) is 54.1 Å². The highest BCUT2D eigenvalue weighted by Gasteiger charge is 2.51. The van der Waals surface area contributed by atoms with Crippen LogP contribution in [0.2, 0.25) is 0 Å². The molecule has 23 heavy (non-hydrogen) atoms. The molecule has 1 aliphatic carbocycles. The number of nitriles is 1. The number of piperidine rings is 1. The van der Waals surface area contributed by atoms with E-state index in [1.807, 2.05) is 0 Å². The molecule has 1 aliphatic heterocycles. The molecule has 1 saturated heterocycles. The summed E-state index contributed by atoms with van der Waals surface area (Å²) in [6, 6.07) is 13.0. The maximum Gasteiger partial charge on any atom is 0.0859 e. The summed E-state index contributed by atoms with van der Waals surface area (Å²) < 4.78 is 0. The molecule has 0 aromatic heterocycles. The van der Waals surface area contributed by atoms with E-state index in [1.54, 1.807) is 0 Å². The van der Waals surface area contributed by atoms with Gasteiger partial charge in [-0.2, -0.15) is 5.26 Å². The van der Waals surface area contributed by atoms with Crippen molar-refractivity contribution in [2.45, 2.75) is 51.1 Å². The Labute approximate surface area is 140 Å². The predicted molar refractivity (Wildman–Crippen MR) is 93.3 cm³/mol. The Hall–Kier alpha value is -1.77. The Bertz CT molecular complexity index is 609. The second-order valence-corrected chi connectivity index (χ2v) is 7.39. The first kappa shape index (κ1) is 16.1. The molecule has 2 aliphatic rings. The monoisotopic (exact) mass is 306 g/mol. The third kappa shape index (κ3) is 3.01. The lowest BCUT2D eigenvalue weighted by atomic mass is 9.59. The van der Waals surface area contributed by atoms with Gasteiger partial charge in [-0.1, -0.05) is 43.2 Å². The maximum atomic E-state index is 9.24. The van der Waals surface area contributed by atoms with Gasteiger partial charge in [0, 0.05) is 13.0 Å². The molecule has 4 atom stereocenters. The third-order valence-electron chi connectivity index (χ3n) is 5.87. The molecule has 0 bridgehead atoms. The number of fused-ring (bicyclic) bond motifs is 1. The Morgan fingerprint density at radius 3 is 2.83 bits per heavy atom. The van der Waals surface area contributed by atoms with Gasteiger partial charge in [0.15, 0.2) is 0 Å². The van der Waals surface area contributed by atoms with Gasteiger partial charge in [-0.25, -0.2) is 0 Å². The lowest BCUT2D eigenvalue weighted by molar-refractivity contribution is -0.0428. The Balaban J connectivity index is 1.91. The van der Waals surface area contributed by atoms with E-state index in [-0.39, 0.29) is 5.54 Å². The van der Waals surface area contributed by atoms with Crippen LogP contribution in [0.15, 0.2) is 30.3 Å². The first-order valence-corrected chi connectivity index (χ1v) is 8.83. The molecule has 2 nitrogen and oxygen atoms in total. The van der Waals surface area contributed by atoms with E-state index >= 15 is 0 Å². The van der Waals surface area contributed by atoms with Crippen LogP contribution in [-0.4, -0.2) is 17.0 Å². The van der Waals surface area contributed by atoms with Crippen LogP contribution >= 0.6 is 0 Å². The number of nitrogens with zero attached hydrogens (tertiary/aromatic N) is 2. The van der Waals surface area contributed by atoms with Crippen molar-refractivity contribution in [2.75, 3.05) is 6.54 Å². The van der Waals surface area contributed by atoms with Crippen LogP contribution in [0.5, 0.6) is 0 Å². The topological polar surface area (TPSA) is 27.0 Å². The van der Waals surface area contributed by atoms with Crippen molar-refractivity contribution < 1.29 is 0 Å². The van der Waals surface area contributed by atoms with Gasteiger partial charge in [0.25, 0.3) is 0 Å². The number of hydrogen-bond donors (Lipinski definition) is 0. The lowest BCUT2D eigenvalue weighted by Crippen LogP contribution is -2.60. The molecular formula is C21H26N2. The van der Waals surface area contributed by atoms with Crippen molar-refractivity contribution >= 4 is 0 Å². The summed E-state index contributed by atoms with van der Waals surface area (Å²) in [5, 5.41) is 9.24. The van der Waals surface area contributed by atoms with Crippen molar-refractivity contribution in [2.24, 2.45) is 17.8 Å². The van der Waals surface area contributed by atoms with E-state index < -0.39 is 0 Å². The second kappa shape index (κ2) is 6.77. The summed E-state index contributed by atoms with van der Waals surface area (Å²) >= 11 is 0. The van der Waals surface area contributed by atoms with E-state index in [0.29, 0.717) is 24.2 Å². The SMILES string of the molecule is C#C[C@@]12C[C@H](C)C[C@@H](CC#N)C1CCCN2Cc1ccccc1. The molecule has 120 valence electrons. The Morgan fingerprint density at radius 1 is 1.35 bits per heavy atom. The van der Waals surface area contributed by atoms with Gasteiger partial charge < -0.3 is 0 Å². The highest BCUT2D eigenvalue weighted by molar-refractivity contribution is 5.24. The highest BCUT2D eigenvalue weighted by atomic mass is 15.2. The third-order valence-corrected chi connectivity index (χ3v) is 5.87. The number of terminal acetylenes is 1. The fourth-order valence-corrected chi connectivity index (χ4v) is 5.00. The zero-order valence-corrected chi connectivity index (χ0v) is 14.0. The fourth-order valence-electron chi connectivity index (χ4n) is 5.00. The number of likely N-dealkylation sites (tertiary alicyclic amines) is 1. The Kier molecular flexibility index (Phi) is 4.74. The number of rotatable bonds is 3. The minimum Gasteiger partial charge on any atom is -0.283 e. The summed E-state index contributed by atoms with van der Waals surface area (Å²) in [7, 11) is 0. The quantitative estimate of drug-likeness (QED) is 0.781. The van der Waals surface area contributed by atoms with Crippen LogP contribution in [0.3, 0.4) is 0 Å². The van der Waals surface area contributed by atoms with Crippen molar-refractivity contribution in [3.8, 4) is 18.4 Å². The van der Waals surface area contributed by atoms with Gasteiger partial charge in [0.1, 0.15) is 0 Å². The van der Waals surface area contributed by atoms with Crippen molar-refractivity contribution in [3.05, 3.63) is 35.9 Å². The molecule has 0 spiro atoms. The number of hydrogen-bond acceptors (Lipinski definition) is 2. The van der Waals surface area contributed by atoms with Crippen molar-refractivity contribution in [1.29, 1.82) is 5.26 Å². The molecule has 3 rings (SSSR count). The van der Waals surface area contributed by atoms with E-state index in [1.165, 1.54) is 18.4 Å². The van der Waals surface area contributed by atoms with Crippen LogP contribution in [0.25, 0.3) is 0 Å². The molecule has 2 heteroatoms. The first-order chi connectivity index (χ1) is 11.2. The average molecular weight is 306 g/mol. The summed E-state index contributed by atoms with van der Waals surface area (Å²) in [4.78, 5) is 2.54. The standard InChI is InChI=1S/C21H26N2/c1-3-21-15-17(2)14-19(11-12-22)20(21)10-7-13-23(21)16-18-8-5-4-6-9-18/h1,4-6,8-9,17,19-20H,7,10-11,13-16H2,2H3/t17-,19-,20?,21-/m1/s1. The van der Waals surface area contributed by atoms with Gasteiger partial charge in [-0.3, -0.25) is 4.90 Å². The summed E-state index contributed by atoms with van der Waals surface area (Å²) in [5.41, 5.74) is 1.17. The first-order valence-electron chi connectivity index (χ1n) is 8.83. The molecule has 0 radical (unpaired) electrons. The second-order valence-electron chi connectivity index (χ2n) is 7.39. The minimum absolute atomic E-state index is 0.159. The van der Waals surface area contributed by atoms with E-state index in [4.69, 9.17) is 6.42 Å². The van der Waals surface area contributed by atoms with E-state index in [9.17, 15) is 5.26 Å². The summed E-state index contributed by atoms with van der Waals surface area (Å²) in [6.07, 6.45) is 11.4. The van der Waals surface area contributed by atoms with Gasteiger partial charge in [-0.05, 0) is 55.5 Å². The zero-order chi connectivity index (χ0) is 16.3. The zero-order valence-electron chi connectivity index (χ0n) is 14.0. The molecule has 2 fully saturated rings. The summed E-state index contributed by atoms with van der Waals surface area (Å²) in [6.45, 7) is 4.30. The van der Waals surface area contributed by atoms with Crippen LogP contribution < -0.4 is 0 Å². The van der Waals surface area contributed by atoms with Crippen LogP contribution in [0.4, 0.5) is 0 Å². The predicted octanol–water partition coefficient (Wildman–Crippen LogP) is 4.23. The highest BCUT2D eigenvalue weighted by Crippen LogP contribution is 2.50. The smallest absolute Gasteiger partial charge is 0.0859 e. The molecule has 1 saturated carbocycles. The van der Waals surface area contributed by atoms with Crippen LogP contribution in [0.1, 0.15) is 44.6 Å². The molecule has 1 unspecified atom stereocenters. The average Bonchev–Trinajstić information content (AvgIpc) is 2.56. The summed E-state index contributed by atoms with van der Waals surface area (Å²) in [5.74, 6) is 4.75. The normalized spacial score (nSPS) is 34.1. The van der Waals surface area contributed by atoms with Crippen LogP contribution in [0, 0.1) is 41.4 Å². The maximum absolute atomic E-state index is 9.24. The lowest BCUT2D eigenvalue weighted by Gasteiger charge is -2.56. The molecule has 1 aromatic carbocycles. The number of benzene rings is 1. The molecule has 0 amide bonds. The van der Waals surface area contributed by atoms with Gasteiger partial charge in [0.05, 0.1) is 11.6 Å². The van der Waals surface area contributed by atoms with Gasteiger partial charge in [0.2, 0.25) is 0 Å². The molecular weight excluding hydrogens is 280 g/mol. The van der Waals surface area contributed by atoms with E-state index in [0.717, 1.165) is 25.9 Å².